The van der Waals surface area contributed by atoms with Crippen LogP contribution in [0.25, 0.3) is 0 Å². The quantitative estimate of drug-likeness (QED) is 0.0627. The third-order valence-electron chi connectivity index (χ3n) is 3.64. The van der Waals surface area contributed by atoms with Crippen molar-refractivity contribution in [3.8, 4) is 0 Å². The van der Waals surface area contributed by atoms with Gasteiger partial charge < -0.3 is 20.2 Å². The number of nitrogens with one attached hydrogen (secondary N) is 2. The number of esters is 1. The predicted molar refractivity (Wildman–Crippen MR) is 113 cm³/mol. The number of aromatic nitrogens is 1. The Labute approximate surface area is 212 Å². The zero-order chi connectivity index (χ0) is 23.3. The fourth-order valence-electron chi connectivity index (χ4n) is 2.35. The van der Waals surface area contributed by atoms with Gasteiger partial charge in [-0.2, -0.15) is 12.7 Å². The van der Waals surface area contributed by atoms with Crippen molar-refractivity contribution < 1.29 is 41.7 Å². The third kappa shape index (κ3) is 6.37. The van der Waals surface area contributed by atoms with Crippen molar-refractivity contribution in [2.75, 3.05) is 24.9 Å². The van der Waals surface area contributed by atoms with E-state index in [1.54, 1.807) is 6.92 Å². The van der Waals surface area contributed by atoms with Gasteiger partial charge in [-0.25, -0.2) is 9.78 Å². The Kier molecular flexibility index (Phi) is 10.5. The summed E-state index contributed by atoms with van der Waals surface area (Å²) < 4.78 is 36.1. The summed E-state index contributed by atoms with van der Waals surface area (Å²) in [5.41, 5.74) is -0.472. The minimum absolute atomic E-state index is 0. The maximum atomic E-state index is 12.7. The molecule has 0 radical (unpaired) electrons. The number of rotatable bonds is 9. The van der Waals surface area contributed by atoms with Gasteiger partial charge in [0, 0.05) is 5.38 Å². The molecule has 1 fully saturated rings. The standard InChI is InChI=1S/C14H16ClN5O9S2.Na.H/c1-3-29-19-8(6-5-30-14(16-6)17-7(21)4-15)11(22)18-9-10(13(24)28-2)20(12(9)23)31(25,26)27;;/h5,9-10H,3-4H2,1-2H3,(H,18,22)(H,16,17,21)(H,25,26,27);;/b19-8-;;. The van der Waals surface area contributed by atoms with E-state index in [0.29, 0.717) is 0 Å². The molecule has 0 saturated carbocycles. The fourth-order valence-corrected chi connectivity index (χ4v) is 3.96. The number of nitrogens with zero attached hydrogens (tertiary/aromatic N) is 3. The topological polar surface area (TPSA) is 194 Å². The minimum atomic E-state index is -5.07. The van der Waals surface area contributed by atoms with Crippen LogP contribution in [0.2, 0.25) is 0 Å². The van der Waals surface area contributed by atoms with Crippen LogP contribution in [0.3, 0.4) is 0 Å². The van der Waals surface area contributed by atoms with E-state index in [-0.39, 0.29) is 57.2 Å². The molecule has 2 heterocycles. The van der Waals surface area contributed by atoms with Crippen molar-refractivity contribution >= 4 is 97.3 Å². The molecule has 1 aliphatic rings. The summed E-state index contributed by atoms with van der Waals surface area (Å²) in [7, 11) is -4.14. The van der Waals surface area contributed by atoms with Crippen LogP contribution in [-0.4, -0.2) is 113 Å². The maximum absolute atomic E-state index is 12.7. The van der Waals surface area contributed by atoms with E-state index in [2.05, 4.69) is 25.5 Å². The number of hydrogen-bond acceptors (Lipinski definition) is 11. The number of alkyl halides is 1. The molecule has 2 unspecified atom stereocenters. The Morgan fingerprint density at radius 3 is 2.59 bits per heavy atom. The number of anilines is 1. The van der Waals surface area contributed by atoms with Gasteiger partial charge in [0.2, 0.25) is 5.91 Å². The van der Waals surface area contributed by atoms with Crippen molar-refractivity contribution in [2.45, 2.75) is 19.0 Å². The summed E-state index contributed by atoms with van der Waals surface area (Å²) >= 11 is 6.35. The summed E-state index contributed by atoms with van der Waals surface area (Å²) in [5, 5.41) is 9.59. The molecule has 0 aromatic carbocycles. The molecule has 3 amide bonds. The zero-order valence-electron chi connectivity index (χ0n) is 15.9. The summed E-state index contributed by atoms with van der Waals surface area (Å²) in [5.74, 6) is -4.36. The van der Waals surface area contributed by atoms with Crippen molar-refractivity contribution in [2.24, 2.45) is 5.16 Å². The first kappa shape index (κ1) is 28.2. The van der Waals surface area contributed by atoms with Gasteiger partial charge in [-0.05, 0) is 6.92 Å². The SMILES string of the molecule is CCO/N=C(\C(=O)NC1C(=O)N(S(=O)(=O)O)C1C(=O)OC)c1csc(NC(=O)CCl)n1.[NaH]. The van der Waals surface area contributed by atoms with Crippen LogP contribution in [-0.2, 0) is 39.1 Å². The molecule has 0 spiro atoms. The van der Waals surface area contributed by atoms with E-state index in [1.807, 2.05) is 0 Å². The second-order valence-electron chi connectivity index (χ2n) is 5.61. The Hall–Kier alpha value is -1.82. The van der Waals surface area contributed by atoms with Crippen LogP contribution in [0.15, 0.2) is 10.5 Å². The molecular weight excluding hydrogens is 505 g/mol. The number of thiazole rings is 1. The molecule has 14 nitrogen and oxygen atoms in total. The Morgan fingerprint density at radius 1 is 1.41 bits per heavy atom. The normalized spacial score (nSPS) is 18.2. The van der Waals surface area contributed by atoms with E-state index in [9.17, 15) is 27.6 Å². The summed E-state index contributed by atoms with van der Waals surface area (Å²) in [6.07, 6.45) is 0. The number of oxime groups is 1. The molecule has 2 rings (SSSR count). The van der Waals surface area contributed by atoms with E-state index in [1.165, 1.54) is 5.38 Å². The summed E-state index contributed by atoms with van der Waals surface area (Å²) in [6.45, 7) is 1.65. The summed E-state index contributed by atoms with van der Waals surface area (Å²) in [6, 6.07) is -3.48. The number of hydrogen-bond donors (Lipinski definition) is 3. The van der Waals surface area contributed by atoms with Gasteiger partial charge in [0.1, 0.15) is 24.2 Å². The van der Waals surface area contributed by atoms with Crippen LogP contribution < -0.4 is 10.6 Å². The fraction of sp³-hybridized carbons (Fsp3) is 0.429. The van der Waals surface area contributed by atoms with Crippen molar-refractivity contribution in [3.05, 3.63) is 11.1 Å². The molecule has 3 N–H and O–H groups in total. The van der Waals surface area contributed by atoms with Crippen LogP contribution >= 0.6 is 22.9 Å². The molecule has 0 bridgehead atoms. The number of halogens is 1. The first-order valence-corrected chi connectivity index (χ1v) is 11.1. The van der Waals surface area contributed by atoms with Crippen molar-refractivity contribution in [1.82, 2.24) is 14.6 Å². The van der Waals surface area contributed by atoms with Crippen LogP contribution in [0, 0.1) is 0 Å². The number of carbonyl (C=O) groups is 4. The molecule has 2 atom stereocenters. The summed E-state index contributed by atoms with van der Waals surface area (Å²) in [4.78, 5) is 56.9. The van der Waals surface area contributed by atoms with Gasteiger partial charge in [-0.3, -0.25) is 18.9 Å². The molecule has 18 heteroatoms. The van der Waals surface area contributed by atoms with Gasteiger partial charge in [0.25, 0.3) is 11.8 Å². The Bertz CT molecular complexity index is 1030. The number of methoxy groups -OCH3 is 1. The zero-order valence-corrected chi connectivity index (χ0v) is 18.3. The first-order valence-electron chi connectivity index (χ1n) is 8.26. The van der Waals surface area contributed by atoms with Crippen LogP contribution in [0.4, 0.5) is 5.13 Å². The van der Waals surface area contributed by atoms with Crippen LogP contribution in [0.1, 0.15) is 12.6 Å². The van der Waals surface area contributed by atoms with Gasteiger partial charge in [-0.15, -0.1) is 22.9 Å². The average Bonchev–Trinajstić information content (AvgIpc) is 3.16. The van der Waals surface area contributed by atoms with Gasteiger partial charge >= 0.3 is 45.8 Å². The molecule has 1 aliphatic heterocycles. The molecule has 1 saturated heterocycles. The predicted octanol–water partition coefficient (Wildman–Crippen LogP) is -1.92. The molecule has 172 valence electrons. The van der Waals surface area contributed by atoms with E-state index in [4.69, 9.17) is 21.0 Å². The van der Waals surface area contributed by atoms with E-state index < -0.39 is 51.8 Å². The molecule has 1 aromatic heterocycles. The Morgan fingerprint density at radius 2 is 2.06 bits per heavy atom. The average molecular weight is 522 g/mol. The number of amides is 3. The third-order valence-corrected chi connectivity index (χ3v) is 5.55. The second-order valence-corrected chi connectivity index (χ2v) is 8.02. The van der Waals surface area contributed by atoms with Crippen molar-refractivity contribution in [1.29, 1.82) is 0 Å². The number of ether oxygens (including phenoxy) is 1. The molecule has 0 aliphatic carbocycles. The number of β-lactam (4-membered cyclic amide) rings is 1. The second kappa shape index (κ2) is 11.9. The monoisotopic (exact) mass is 521 g/mol. The molecular formula is C14H17ClN5NaO9S2. The van der Waals surface area contributed by atoms with Crippen molar-refractivity contribution in [3.63, 3.8) is 0 Å². The molecule has 1 aromatic rings. The Balaban J connectivity index is 0.00000512. The van der Waals surface area contributed by atoms with Gasteiger partial charge in [-0.1, -0.05) is 5.16 Å². The first-order chi connectivity index (χ1) is 14.5. The number of carbonyl (C=O) groups excluding carboxylic acids is 4. The molecule has 32 heavy (non-hydrogen) atoms. The van der Waals surface area contributed by atoms with Crippen LogP contribution in [0.5, 0.6) is 0 Å². The van der Waals surface area contributed by atoms with E-state index in [0.717, 1.165) is 18.4 Å². The van der Waals surface area contributed by atoms with E-state index >= 15 is 0 Å². The van der Waals surface area contributed by atoms with Gasteiger partial charge in [0.15, 0.2) is 16.9 Å². The van der Waals surface area contributed by atoms with Gasteiger partial charge in [0.05, 0.1) is 7.11 Å².